The van der Waals surface area contributed by atoms with Crippen LogP contribution in [0.15, 0.2) is 12.3 Å². The molecule has 0 amide bonds. The molecule has 68 valence electrons. The minimum atomic E-state index is 1.08. The zero-order valence-electron chi connectivity index (χ0n) is 8.08. The van der Waals surface area contributed by atoms with Gasteiger partial charge in [-0.3, -0.25) is 4.68 Å². The summed E-state index contributed by atoms with van der Waals surface area (Å²) in [6, 6.07) is 2.06. The fourth-order valence-electron chi connectivity index (χ4n) is 1.29. The first-order valence-corrected chi connectivity index (χ1v) is 4.83. The van der Waals surface area contributed by atoms with Crippen molar-refractivity contribution in [2.75, 3.05) is 0 Å². The van der Waals surface area contributed by atoms with E-state index in [0.717, 1.165) is 12.2 Å². The molecule has 0 aliphatic heterocycles. The van der Waals surface area contributed by atoms with Gasteiger partial charge in [-0.05, 0) is 19.4 Å². The Morgan fingerprint density at radius 2 is 2.17 bits per heavy atom. The SMILES string of the molecule is CCCCCCn1ccc(C)n1. The Bertz CT molecular complexity index is 215. The third-order valence-electron chi connectivity index (χ3n) is 2.01. The van der Waals surface area contributed by atoms with E-state index >= 15 is 0 Å². The fourth-order valence-corrected chi connectivity index (χ4v) is 1.29. The number of hydrogen-bond donors (Lipinski definition) is 0. The fraction of sp³-hybridized carbons (Fsp3) is 0.700. The minimum Gasteiger partial charge on any atom is -0.273 e. The maximum atomic E-state index is 4.32. The first-order chi connectivity index (χ1) is 5.83. The number of rotatable bonds is 5. The zero-order valence-corrected chi connectivity index (χ0v) is 8.08. The lowest BCUT2D eigenvalue weighted by Crippen LogP contribution is -1.98. The van der Waals surface area contributed by atoms with Crippen LogP contribution in [-0.4, -0.2) is 9.78 Å². The summed E-state index contributed by atoms with van der Waals surface area (Å²) in [7, 11) is 0. The van der Waals surface area contributed by atoms with Gasteiger partial charge in [-0.1, -0.05) is 26.2 Å². The van der Waals surface area contributed by atoms with Gasteiger partial charge in [0.15, 0.2) is 0 Å². The number of aromatic nitrogens is 2. The average Bonchev–Trinajstić information content (AvgIpc) is 2.45. The van der Waals surface area contributed by atoms with Crippen molar-refractivity contribution in [1.29, 1.82) is 0 Å². The molecule has 0 saturated carbocycles. The molecule has 0 saturated heterocycles. The van der Waals surface area contributed by atoms with E-state index in [1.165, 1.54) is 25.7 Å². The molecule has 0 aliphatic carbocycles. The summed E-state index contributed by atoms with van der Waals surface area (Å²) in [5.41, 5.74) is 1.12. The summed E-state index contributed by atoms with van der Waals surface area (Å²) in [5.74, 6) is 0. The molecule has 0 fully saturated rings. The molecule has 0 aliphatic rings. The van der Waals surface area contributed by atoms with Crippen molar-refractivity contribution in [2.45, 2.75) is 46.1 Å². The quantitative estimate of drug-likeness (QED) is 0.615. The Balaban J connectivity index is 2.15. The third kappa shape index (κ3) is 3.07. The molecule has 0 spiro atoms. The monoisotopic (exact) mass is 166 g/mol. The molecule has 0 radical (unpaired) electrons. The van der Waals surface area contributed by atoms with Gasteiger partial charge in [0, 0.05) is 12.7 Å². The predicted octanol–water partition coefficient (Wildman–Crippen LogP) is 2.77. The van der Waals surface area contributed by atoms with E-state index in [1.807, 2.05) is 11.6 Å². The molecule has 1 rings (SSSR count). The van der Waals surface area contributed by atoms with Gasteiger partial charge in [-0.15, -0.1) is 0 Å². The lowest BCUT2D eigenvalue weighted by atomic mass is 10.2. The lowest BCUT2D eigenvalue weighted by molar-refractivity contribution is 0.539. The predicted molar refractivity (Wildman–Crippen MR) is 51.1 cm³/mol. The third-order valence-corrected chi connectivity index (χ3v) is 2.01. The number of aryl methyl sites for hydroxylation is 2. The van der Waals surface area contributed by atoms with Crippen LogP contribution in [0, 0.1) is 6.92 Å². The molecule has 1 aromatic heterocycles. The van der Waals surface area contributed by atoms with E-state index in [9.17, 15) is 0 Å². The normalized spacial score (nSPS) is 10.5. The van der Waals surface area contributed by atoms with Gasteiger partial charge in [-0.25, -0.2) is 0 Å². The van der Waals surface area contributed by atoms with Crippen molar-refractivity contribution in [3.63, 3.8) is 0 Å². The second kappa shape index (κ2) is 4.96. The smallest absolute Gasteiger partial charge is 0.0593 e. The van der Waals surface area contributed by atoms with E-state index in [2.05, 4.69) is 24.3 Å². The van der Waals surface area contributed by atoms with Crippen LogP contribution in [0.5, 0.6) is 0 Å². The highest BCUT2D eigenvalue weighted by Crippen LogP contribution is 2.01. The van der Waals surface area contributed by atoms with Crippen LogP contribution in [0.2, 0.25) is 0 Å². The van der Waals surface area contributed by atoms with Crippen LogP contribution in [0.4, 0.5) is 0 Å². The summed E-state index contributed by atoms with van der Waals surface area (Å²) in [6.45, 7) is 5.34. The minimum absolute atomic E-state index is 1.08. The van der Waals surface area contributed by atoms with Crippen LogP contribution in [0.25, 0.3) is 0 Å². The summed E-state index contributed by atoms with van der Waals surface area (Å²) in [6.07, 6.45) is 7.30. The molecule has 2 nitrogen and oxygen atoms in total. The van der Waals surface area contributed by atoms with Crippen molar-refractivity contribution in [3.05, 3.63) is 18.0 Å². The number of nitrogens with zero attached hydrogens (tertiary/aromatic N) is 2. The standard InChI is InChI=1S/C10H18N2/c1-3-4-5-6-8-12-9-7-10(2)11-12/h7,9H,3-6,8H2,1-2H3. The summed E-state index contributed by atoms with van der Waals surface area (Å²) >= 11 is 0. The lowest BCUT2D eigenvalue weighted by Gasteiger charge is -1.99. The van der Waals surface area contributed by atoms with Crippen LogP contribution in [-0.2, 0) is 6.54 Å². The first kappa shape index (κ1) is 9.30. The molecular weight excluding hydrogens is 148 g/mol. The highest BCUT2D eigenvalue weighted by molar-refractivity contribution is 4.94. The van der Waals surface area contributed by atoms with Crippen molar-refractivity contribution in [1.82, 2.24) is 9.78 Å². The molecule has 1 aromatic rings. The molecular formula is C10H18N2. The Hall–Kier alpha value is -0.790. The summed E-state index contributed by atoms with van der Waals surface area (Å²) in [4.78, 5) is 0. The van der Waals surface area contributed by atoms with Gasteiger partial charge in [0.05, 0.1) is 5.69 Å². The number of unbranched alkanes of at least 4 members (excludes halogenated alkanes) is 3. The van der Waals surface area contributed by atoms with Gasteiger partial charge in [0.1, 0.15) is 0 Å². The Morgan fingerprint density at radius 3 is 2.75 bits per heavy atom. The summed E-state index contributed by atoms with van der Waals surface area (Å²) in [5, 5.41) is 4.32. The average molecular weight is 166 g/mol. The zero-order chi connectivity index (χ0) is 8.81. The van der Waals surface area contributed by atoms with Crippen LogP contribution < -0.4 is 0 Å². The molecule has 0 aromatic carbocycles. The Kier molecular flexibility index (Phi) is 3.85. The molecule has 0 N–H and O–H groups in total. The van der Waals surface area contributed by atoms with Gasteiger partial charge in [0.2, 0.25) is 0 Å². The summed E-state index contributed by atoms with van der Waals surface area (Å²) < 4.78 is 2.03. The van der Waals surface area contributed by atoms with Crippen LogP contribution in [0.3, 0.4) is 0 Å². The maximum absolute atomic E-state index is 4.32. The Morgan fingerprint density at radius 1 is 1.33 bits per heavy atom. The van der Waals surface area contributed by atoms with E-state index in [4.69, 9.17) is 0 Å². The van der Waals surface area contributed by atoms with E-state index in [1.54, 1.807) is 0 Å². The van der Waals surface area contributed by atoms with Crippen LogP contribution >= 0.6 is 0 Å². The second-order valence-corrected chi connectivity index (χ2v) is 3.28. The van der Waals surface area contributed by atoms with Gasteiger partial charge in [0.25, 0.3) is 0 Å². The van der Waals surface area contributed by atoms with Crippen molar-refractivity contribution >= 4 is 0 Å². The van der Waals surface area contributed by atoms with E-state index in [-0.39, 0.29) is 0 Å². The molecule has 0 unspecified atom stereocenters. The maximum Gasteiger partial charge on any atom is 0.0593 e. The highest BCUT2D eigenvalue weighted by atomic mass is 15.3. The Labute approximate surface area is 74.6 Å². The second-order valence-electron chi connectivity index (χ2n) is 3.28. The molecule has 1 heterocycles. The number of hydrogen-bond acceptors (Lipinski definition) is 1. The van der Waals surface area contributed by atoms with Crippen LogP contribution in [0.1, 0.15) is 38.3 Å². The molecule has 0 bridgehead atoms. The topological polar surface area (TPSA) is 17.8 Å². The van der Waals surface area contributed by atoms with Crippen molar-refractivity contribution in [2.24, 2.45) is 0 Å². The van der Waals surface area contributed by atoms with Crippen molar-refractivity contribution < 1.29 is 0 Å². The van der Waals surface area contributed by atoms with E-state index in [0.29, 0.717) is 0 Å². The van der Waals surface area contributed by atoms with Gasteiger partial charge in [-0.2, -0.15) is 5.10 Å². The van der Waals surface area contributed by atoms with E-state index < -0.39 is 0 Å². The molecule has 2 heteroatoms. The highest BCUT2D eigenvalue weighted by Gasteiger charge is 1.92. The molecule has 0 atom stereocenters. The van der Waals surface area contributed by atoms with Gasteiger partial charge < -0.3 is 0 Å². The van der Waals surface area contributed by atoms with Crippen molar-refractivity contribution in [3.8, 4) is 0 Å². The largest absolute Gasteiger partial charge is 0.273 e. The molecule has 12 heavy (non-hydrogen) atoms. The van der Waals surface area contributed by atoms with Gasteiger partial charge >= 0.3 is 0 Å². The first-order valence-electron chi connectivity index (χ1n) is 4.83.